The van der Waals surface area contributed by atoms with E-state index in [2.05, 4.69) is 27.7 Å². The van der Waals surface area contributed by atoms with Crippen molar-refractivity contribution >= 4 is 28.6 Å². The van der Waals surface area contributed by atoms with Gasteiger partial charge in [-0.3, -0.25) is 0 Å². The summed E-state index contributed by atoms with van der Waals surface area (Å²) in [5.74, 6) is -0.392. The molecule has 0 aliphatic carbocycles. The molecule has 2 aromatic rings. The minimum absolute atomic E-state index is 0.324. The first-order valence-electron chi connectivity index (χ1n) is 5.19. The lowest BCUT2D eigenvalue weighted by Gasteiger charge is -2.01. The lowest BCUT2D eigenvalue weighted by Crippen LogP contribution is -2.06. The Morgan fingerprint density at radius 3 is 2.71 bits per heavy atom. The standard InChI is InChI=1S/C12H11IN2O2/c1-2-17-12(16)11-7-8-15(14-11)10-5-3-9(13)4-6-10/h3-8H,2H2,1H3. The summed E-state index contributed by atoms with van der Waals surface area (Å²) in [6.45, 7) is 2.13. The molecule has 0 N–H and O–H groups in total. The Morgan fingerprint density at radius 1 is 1.35 bits per heavy atom. The summed E-state index contributed by atoms with van der Waals surface area (Å²) in [5, 5.41) is 4.17. The number of nitrogens with zero attached hydrogens (tertiary/aromatic N) is 2. The van der Waals surface area contributed by atoms with Crippen molar-refractivity contribution in [1.29, 1.82) is 0 Å². The van der Waals surface area contributed by atoms with Crippen LogP contribution in [0.5, 0.6) is 0 Å². The van der Waals surface area contributed by atoms with Gasteiger partial charge in [-0.15, -0.1) is 0 Å². The fraction of sp³-hybridized carbons (Fsp3) is 0.167. The van der Waals surface area contributed by atoms with Crippen molar-refractivity contribution in [1.82, 2.24) is 9.78 Å². The minimum Gasteiger partial charge on any atom is -0.461 e. The summed E-state index contributed by atoms with van der Waals surface area (Å²) in [7, 11) is 0. The van der Waals surface area contributed by atoms with E-state index < -0.39 is 5.97 Å². The molecule has 0 saturated carbocycles. The third kappa shape index (κ3) is 2.85. The monoisotopic (exact) mass is 342 g/mol. The zero-order valence-corrected chi connectivity index (χ0v) is 11.4. The predicted molar refractivity (Wildman–Crippen MR) is 72.2 cm³/mol. The molecule has 0 radical (unpaired) electrons. The van der Waals surface area contributed by atoms with E-state index in [-0.39, 0.29) is 0 Å². The van der Waals surface area contributed by atoms with E-state index in [0.29, 0.717) is 12.3 Å². The second kappa shape index (κ2) is 5.31. The van der Waals surface area contributed by atoms with Crippen LogP contribution in [0.4, 0.5) is 0 Å². The number of rotatable bonds is 3. The van der Waals surface area contributed by atoms with Gasteiger partial charge in [-0.2, -0.15) is 5.10 Å². The molecule has 0 unspecified atom stereocenters. The molecule has 1 aromatic carbocycles. The number of carbonyl (C=O) groups is 1. The Labute approximate surface area is 113 Å². The average Bonchev–Trinajstić information content (AvgIpc) is 2.80. The third-order valence-corrected chi connectivity index (χ3v) is 2.88. The van der Waals surface area contributed by atoms with Gasteiger partial charge in [0.2, 0.25) is 0 Å². The molecule has 0 atom stereocenters. The van der Waals surface area contributed by atoms with Crippen LogP contribution in [0.2, 0.25) is 0 Å². The van der Waals surface area contributed by atoms with Gasteiger partial charge in [0, 0.05) is 9.77 Å². The molecule has 0 aliphatic rings. The first kappa shape index (κ1) is 12.1. The first-order valence-corrected chi connectivity index (χ1v) is 6.27. The van der Waals surface area contributed by atoms with Crippen molar-refractivity contribution in [2.45, 2.75) is 6.92 Å². The molecule has 17 heavy (non-hydrogen) atoms. The molecule has 0 amide bonds. The molecule has 5 heteroatoms. The van der Waals surface area contributed by atoms with E-state index >= 15 is 0 Å². The van der Waals surface area contributed by atoms with Crippen molar-refractivity contribution in [3.63, 3.8) is 0 Å². The largest absolute Gasteiger partial charge is 0.461 e. The zero-order chi connectivity index (χ0) is 12.3. The van der Waals surface area contributed by atoms with Crippen LogP contribution in [0.3, 0.4) is 0 Å². The van der Waals surface area contributed by atoms with Crippen LogP contribution in [0.25, 0.3) is 5.69 Å². The Kier molecular flexibility index (Phi) is 3.78. The van der Waals surface area contributed by atoms with Gasteiger partial charge in [0.25, 0.3) is 0 Å². The smallest absolute Gasteiger partial charge is 0.358 e. The van der Waals surface area contributed by atoms with Crippen molar-refractivity contribution in [2.75, 3.05) is 6.61 Å². The quantitative estimate of drug-likeness (QED) is 0.636. The summed E-state index contributed by atoms with van der Waals surface area (Å²) in [4.78, 5) is 11.4. The van der Waals surface area contributed by atoms with Crippen LogP contribution in [-0.4, -0.2) is 22.4 Å². The molecule has 0 bridgehead atoms. The van der Waals surface area contributed by atoms with Crippen LogP contribution in [0.1, 0.15) is 17.4 Å². The summed E-state index contributed by atoms with van der Waals surface area (Å²) in [5.41, 5.74) is 1.24. The summed E-state index contributed by atoms with van der Waals surface area (Å²) in [6, 6.07) is 9.52. The van der Waals surface area contributed by atoms with Gasteiger partial charge in [-0.05, 0) is 59.8 Å². The number of ether oxygens (including phenoxy) is 1. The zero-order valence-electron chi connectivity index (χ0n) is 9.26. The van der Waals surface area contributed by atoms with Crippen LogP contribution in [0, 0.1) is 3.57 Å². The molecule has 1 aromatic heterocycles. The number of benzene rings is 1. The maximum atomic E-state index is 11.4. The highest BCUT2D eigenvalue weighted by atomic mass is 127. The summed E-state index contributed by atoms with van der Waals surface area (Å²) >= 11 is 2.24. The molecule has 0 fully saturated rings. The first-order chi connectivity index (χ1) is 8.20. The predicted octanol–water partition coefficient (Wildman–Crippen LogP) is 2.65. The maximum absolute atomic E-state index is 11.4. The third-order valence-electron chi connectivity index (χ3n) is 2.16. The highest BCUT2D eigenvalue weighted by molar-refractivity contribution is 14.1. The van der Waals surface area contributed by atoms with Gasteiger partial charge in [0.05, 0.1) is 12.3 Å². The molecular formula is C12H11IN2O2. The average molecular weight is 342 g/mol. The van der Waals surface area contributed by atoms with Crippen LogP contribution < -0.4 is 0 Å². The molecule has 0 saturated heterocycles. The van der Waals surface area contributed by atoms with Crippen molar-refractivity contribution in [3.8, 4) is 5.69 Å². The molecule has 4 nitrogen and oxygen atoms in total. The number of carbonyl (C=O) groups excluding carboxylic acids is 1. The minimum atomic E-state index is -0.392. The van der Waals surface area contributed by atoms with E-state index in [1.54, 1.807) is 23.9 Å². The number of aromatic nitrogens is 2. The number of halogens is 1. The van der Waals surface area contributed by atoms with Gasteiger partial charge in [0.1, 0.15) is 0 Å². The van der Waals surface area contributed by atoms with Gasteiger partial charge < -0.3 is 4.74 Å². The van der Waals surface area contributed by atoms with Crippen LogP contribution in [0.15, 0.2) is 36.5 Å². The molecule has 88 valence electrons. The molecule has 2 rings (SSSR count). The molecule has 1 heterocycles. The Balaban J connectivity index is 2.23. The van der Waals surface area contributed by atoms with Crippen molar-refractivity contribution in [3.05, 3.63) is 45.8 Å². The summed E-state index contributed by atoms with van der Waals surface area (Å²) in [6.07, 6.45) is 1.74. The van der Waals surface area contributed by atoms with E-state index in [1.807, 2.05) is 24.3 Å². The Morgan fingerprint density at radius 2 is 2.06 bits per heavy atom. The van der Waals surface area contributed by atoms with E-state index in [0.717, 1.165) is 9.26 Å². The highest BCUT2D eigenvalue weighted by Gasteiger charge is 2.10. The lowest BCUT2D eigenvalue weighted by molar-refractivity contribution is 0.0519. The van der Waals surface area contributed by atoms with Gasteiger partial charge in [0.15, 0.2) is 5.69 Å². The van der Waals surface area contributed by atoms with E-state index in [9.17, 15) is 4.79 Å². The number of hydrogen-bond acceptors (Lipinski definition) is 3. The van der Waals surface area contributed by atoms with Crippen molar-refractivity contribution in [2.24, 2.45) is 0 Å². The normalized spacial score (nSPS) is 10.2. The topological polar surface area (TPSA) is 44.1 Å². The number of esters is 1. The summed E-state index contributed by atoms with van der Waals surface area (Å²) < 4.78 is 7.69. The Bertz CT molecular complexity index is 520. The maximum Gasteiger partial charge on any atom is 0.358 e. The molecular weight excluding hydrogens is 331 g/mol. The van der Waals surface area contributed by atoms with Gasteiger partial charge in [-0.25, -0.2) is 9.48 Å². The van der Waals surface area contributed by atoms with Crippen LogP contribution >= 0.6 is 22.6 Å². The highest BCUT2D eigenvalue weighted by Crippen LogP contribution is 2.11. The fourth-order valence-electron chi connectivity index (χ4n) is 1.38. The molecule has 0 aliphatic heterocycles. The van der Waals surface area contributed by atoms with Gasteiger partial charge in [-0.1, -0.05) is 0 Å². The second-order valence-electron chi connectivity index (χ2n) is 3.34. The van der Waals surface area contributed by atoms with E-state index in [1.165, 1.54) is 0 Å². The van der Waals surface area contributed by atoms with Crippen molar-refractivity contribution < 1.29 is 9.53 Å². The second-order valence-corrected chi connectivity index (χ2v) is 4.59. The van der Waals surface area contributed by atoms with Gasteiger partial charge >= 0.3 is 5.97 Å². The number of hydrogen-bond donors (Lipinski definition) is 0. The SMILES string of the molecule is CCOC(=O)c1ccn(-c2ccc(I)cc2)n1. The van der Waals surface area contributed by atoms with Crippen LogP contribution in [-0.2, 0) is 4.74 Å². The van der Waals surface area contributed by atoms with E-state index in [4.69, 9.17) is 4.74 Å². The Hall–Kier alpha value is -1.37. The molecule has 0 spiro atoms. The fourth-order valence-corrected chi connectivity index (χ4v) is 1.74. The lowest BCUT2D eigenvalue weighted by atomic mass is 10.3.